The highest BCUT2D eigenvalue weighted by Crippen LogP contribution is 2.17. The summed E-state index contributed by atoms with van der Waals surface area (Å²) in [7, 11) is 0.0432. The predicted molar refractivity (Wildman–Crippen MR) is 99.6 cm³/mol. The maximum Gasteiger partial charge on any atom is 0.255 e. The second kappa shape index (κ2) is 8.44. The number of nitrogens with one attached hydrogen (secondary N) is 2. The van der Waals surface area contributed by atoms with Gasteiger partial charge in [0.15, 0.2) is 0 Å². The Labute approximate surface area is 152 Å². The molecular formula is C17H20ClN3O3S. The van der Waals surface area contributed by atoms with Gasteiger partial charge in [0.2, 0.25) is 10.0 Å². The van der Waals surface area contributed by atoms with Gasteiger partial charge in [-0.2, -0.15) is 0 Å². The minimum Gasteiger partial charge on any atom is -0.322 e. The second-order valence-corrected chi connectivity index (χ2v) is 7.90. The summed E-state index contributed by atoms with van der Waals surface area (Å²) < 4.78 is 27.1. The average molecular weight is 382 g/mol. The molecule has 134 valence electrons. The van der Waals surface area contributed by atoms with Crippen molar-refractivity contribution in [2.24, 2.45) is 0 Å². The fraction of sp³-hybridized carbons (Fsp3) is 0.235. The number of halogens is 1. The first-order valence-corrected chi connectivity index (χ1v) is 9.45. The maximum atomic E-state index is 12.3. The Bertz CT molecular complexity index is 854. The molecule has 2 aromatic rings. The molecule has 0 aliphatic carbocycles. The number of hydrogen-bond acceptors (Lipinski definition) is 4. The normalized spacial score (nSPS) is 11.5. The quantitative estimate of drug-likeness (QED) is 0.772. The zero-order valence-corrected chi connectivity index (χ0v) is 15.6. The van der Waals surface area contributed by atoms with Gasteiger partial charge in [0.05, 0.1) is 4.90 Å². The zero-order chi connectivity index (χ0) is 18.4. The van der Waals surface area contributed by atoms with Crippen LogP contribution in [0.4, 0.5) is 5.69 Å². The Balaban J connectivity index is 2.13. The van der Waals surface area contributed by atoms with Crippen LogP contribution in [0.25, 0.3) is 0 Å². The van der Waals surface area contributed by atoms with Gasteiger partial charge < -0.3 is 10.2 Å². The van der Waals surface area contributed by atoms with E-state index in [-0.39, 0.29) is 17.0 Å². The predicted octanol–water partition coefficient (Wildman–Crippen LogP) is 2.43. The van der Waals surface area contributed by atoms with Crippen LogP contribution in [0.1, 0.15) is 10.4 Å². The van der Waals surface area contributed by atoms with Gasteiger partial charge in [0.25, 0.3) is 5.91 Å². The largest absolute Gasteiger partial charge is 0.322 e. The van der Waals surface area contributed by atoms with Crippen LogP contribution in [0.5, 0.6) is 0 Å². The monoisotopic (exact) mass is 381 g/mol. The van der Waals surface area contributed by atoms with Gasteiger partial charge in [-0.05, 0) is 50.5 Å². The summed E-state index contributed by atoms with van der Waals surface area (Å²) in [5, 5.41) is 3.19. The molecule has 2 N–H and O–H groups in total. The fourth-order valence-electron chi connectivity index (χ4n) is 2.06. The molecule has 0 fully saturated rings. The first-order valence-electron chi connectivity index (χ1n) is 7.59. The Hall–Kier alpha value is -1.93. The Morgan fingerprint density at radius 3 is 2.52 bits per heavy atom. The van der Waals surface area contributed by atoms with E-state index in [2.05, 4.69) is 10.0 Å². The van der Waals surface area contributed by atoms with E-state index in [9.17, 15) is 13.2 Å². The van der Waals surface area contributed by atoms with Crippen molar-refractivity contribution >= 4 is 33.2 Å². The van der Waals surface area contributed by atoms with Gasteiger partial charge in [0, 0.05) is 29.4 Å². The van der Waals surface area contributed by atoms with Crippen LogP contribution >= 0.6 is 11.6 Å². The first kappa shape index (κ1) is 19.4. The van der Waals surface area contributed by atoms with E-state index >= 15 is 0 Å². The molecule has 8 heteroatoms. The highest BCUT2D eigenvalue weighted by Gasteiger charge is 2.16. The van der Waals surface area contributed by atoms with Crippen molar-refractivity contribution in [3.63, 3.8) is 0 Å². The molecule has 0 aliphatic heterocycles. The lowest BCUT2D eigenvalue weighted by Gasteiger charge is -2.12. The van der Waals surface area contributed by atoms with Gasteiger partial charge in [-0.15, -0.1) is 0 Å². The number of amides is 1. The lowest BCUT2D eigenvalue weighted by atomic mass is 10.2. The highest BCUT2D eigenvalue weighted by molar-refractivity contribution is 7.89. The molecule has 0 aromatic heterocycles. The smallest absolute Gasteiger partial charge is 0.255 e. The molecule has 2 aromatic carbocycles. The van der Waals surface area contributed by atoms with Crippen LogP contribution in [0.15, 0.2) is 53.4 Å². The second-order valence-electron chi connectivity index (χ2n) is 5.69. The lowest BCUT2D eigenvalue weighted by molar-refractivity contribution is 0.102. The Morgan fingerprint density at radius 2 is 1.84 bits per heavy atom. The summed E-state index contributed by atoms with van der Waals surface area (Å²) in [5.74, 6) is -0.410. The number of nitrogens with zero attached hydrogens (tertiary/aromatic N) is 1. The average Bonchev–Trinajstić information content (AvgIpc) is 2.54. The van der Waals surface area contributed by atoms with Crippen molar-refractivity contribution in [3.8, 4) is 0 Å². The van der Waals surface area contributed by atoms with Crippen molar-refractivity contribution in [1.29, 1.82) is 0 Å². The van der Waals surface area contributed by atoms with Gasteiger partial charge >= 0.3 is 0 Å². The molecule has 0 saturated heterocycles. The Morgan fingerprint density at radius 1 is 1.12 bits per heavy atom. The third-order valence-corrected chi connectivity index (χ3v) is 5.03. The summed E-state index contributed by atoms with van der Waals surface area (Å²) in [6.07, 6.45) is 0. The number of anilines is 1. The third-order valence-electron chi connectivity index (χ3n) is 3.34. The van der Waals surface area contributed by atoms with E-state index in [1.54, 1.807) is 30.3 Å². The van der Waals surface area contributed by atoms with E-state index in [1.807, 2.05) is 19.0 Å². The molecule has 0 unspecified atom stereocenters. The van der Waals surface area contributed by atoms with Crippen LogP contribution in [0, 0.1) is 0 Å². The minimum absolute atomic E-state index is 0.0463. The van der Waals surface area contributed by atoms with Crippen LogP contribution in [0.2, 0.25) is 5.02 Å². The fourth-order valence-corrected chi connectivity index (χ4v) is 3.32. The number of carbonyl (C=O) groups excluding carboxylic acids is 1. The third kappa shape index (κ3) is 5.82. The maximum absolute atomic E-state index is 12.3. The van der Waals surface area contributed by atoms with Crippen molar-refractivity contribution in [2.45, 2.75) is 4.90 Å². The summed E-state index contributed by atoms with van der Waals surface area (Å²) in [6.45, 7) is 0.864. The molecule has 0 saturated carbocycles. The van der Waals surface area contributed by atoms with Gasteiger partial charge in [0.1, 0.15) is 0 Å². The zero-order valence-electron chi connectivity index (χ0n) is 14.0. The number of benzene rings is 2. The molecule has 0 aliphatic rings. The molecule has 0 atom stereocenters. The number of sulfonamides is 1. The van der Waals surface area contributed by atoms with E-state index < -0.39 is 15.9 Å². The van der Waals surface area contributed by atoms with Crippen LogP contribution in [-0.2, 0) is 10.0 Å². The lowest BCUT2D eigenvalue weighted by Crippen LogP contribution is -2.31. The highest BCUT2D eigenvalue weighted by atomic mass is 35.5. The molecule has 2 rings (SSSR count). The Kier molecular flexibility index (Phi) is 6.55. The van der Waals surface area contributed by atoms with Gasteiger partial charge in [-0.25, -0.2) is 13.1 Å². The SMILES string of the molecule is CN(C)CCNS(=O)(=O)c1cccc(C(=O)Nc2cccc(Cl)c2)c1. The molecule has 0 radical (unpaired) electrons. The molecule has 0 heterocycles. The van der Waals surface area contributed by atoms with E-state index in [1.165, 1.54) is 18.2 Å². The van der Waals surface area contributed by atoms with E-state index in [4.69, 9.17) is 11.6 Å². The first-order chi connectivity index (χ1) is 11.8. The van der Waals surface area contributed by atoms with E-state index in [0.717, 1.165) is 0 Å². The number of hydrogen-bond donors (Lipinski definition) is 2. The minimum atomic E-state index is -3.67. The molecule has 0 spiro atoms. The summed E-state index contributed by atoms with van der Waals surface area (Å²) in [6, 6.07) is 12.6. The standard InChI is InChI=1S/C17H20ClN3O3S/c1-21(2)10-9-19-25(23,24)16-8-3-5-13(11-16)17(22)20-15-7-4-6-14(18)12-15/h3-8,11-12,19H,9-10H2,1-2H3,(H,20,22). The molecule has 6 nitrogen and oxygen atoms in total. The van der Waals surface area contributed by atoms with E-state index in [0.29, 0.717) is 17.3 Å². The summed E-state index contributed by atoms with van der Waals surface area (Å²) >= 11 is 5.89. The van der Waals surface area contributed by atoms with Crippen molar-refractivity contribution in [3.05, 3.63) is 59.1 Å². The number of rotatable bonds is 7. The van der Waals surface area contributed by atoms with Crippen molar-refractivity contribution in [2.75, 3.05) is 32.5 Å². The van der Waals surface area contributed by atoms with Gasteiger partial charge in [-0.3, -0.25) is 4.79 Å². The van der Waals surface area contributed by atoms with Crippen LogP contribution in [0.3, 0.4) is 0 Å². The summed E-state index contributed by atoms with van der Waals surface area (Å²) in [4.78, 5) is 14.3. The molecule has 0 bridgehead atoms. The van der Waals surface area contributed by atoms with Crippen molar-refractivity contribution in [1.82, 2.24) is 9.62 Å². The number of likely N-dealkylation sites (N-methyl/N-ethyl adjacent to an activating group) is 1. The van der Waals surface area contributed by atoms with Crippen LogP contribution < -0.4 is 10.0 Å². The van der Waals surface area contributed by atoms with Gasteiger partial charge in [-0.1, -0.05) is 23.7 Å². The topological polar surface area (TPSA) is 78.5 Å². The molecule has 25 heavy (non-hydrogen) atoms. The molecule has 1 amide bonds. The van der Waals surface area contributed by atoms with Crippen molar-refractivity contribution < 1.29 is 13.2 Å². The van der Waals surface area contributed by atoms with Crippen LogP contribution in [-0.4, -0.2) is 46.4 Å². The summed E-state index contributed by atoms with van der Waals surface area (Å²) in [5.41, 5.74) is 0.783. The number of carbonyl (C=O) groups is 1. The molecular weight excluding hydrogens is 362 g/mol.